The molecule has 2 rings (SSSR count). The van der Waals surface area contributed by atoms with Crippen molar-refractivity contribution in [2.45, 2.75) is 26.5 Å². The van der Waals surface area contributed by atoms with Gasteiger partial charge in [-0.1, -0.05) is 23.7 Å². The first-order valence-electron chi connectivity index (χ1n) is 7.86. The van der Waals surface area contributed by atoms with Crippen LogP contribution in [0.15, 0.2) is 42.5 Å². The first-order chi connectivity index (χ1) is 11.5. The van der Waals surface area contributed by atoms with Crippen molar-refractivity contribution < 1.29 is 14.3 Å². The molecule has 0 unspecified atom stereocenters. The summed E-state index contributed by atoms with van der Waals surface area (Å²) in [6, 6.07) is 12.7. The molecule has 0 radical (unpaired) electrons. The van der Waals surface area contributed by atoms with Crippen LogP contribution in [-0.4, -0.2) is 19.6 Å². The monoisotopic (exact) mass is 347 g/mol. The standard InChI is InChI=1S/C19H22ClNO3/c1-4-24-18-10-7-15(11-16(18)12-23-3)19(22)21-13(2)14-5-8-17(20)9-6-14/h5-11,13H,4,12H2,1-3H3,(H,21,22)/t13-/m1/s1. The van der Waals surface area contributed by atoms with Crippen molar-refractivity contribution in [3.63, 3.8) is 0 Å². The van der Waals surface area contributed by atoms with Gasteiger partial charge in [0.25, 0.3) is 5.91 Å². The molecule has 1 amide bonds. The van der Waals surface area contributed by atoms with Gasteiger partial charge in [-0.15, -0.1) is 0 Å². The summed E-state index contributed by atoms with van der Waals surface area (Å²) in [5.41, 5.74) is 2.42. The molecule has 0 aliphatic heterocycles. The van der Waals surface area contributed by atoms with Crippen LogP contribution >= 0.6 is 11.6 Å². The van der Waals surface area contributed by atoms with E-state index in [9.17, 15) is 4.79 Å². The smallest absolute Gasteiger partial charge is 0.251 e. The first-order valence-corrected chi connectivity index (χ1v) is 8.24. The summed E-state index contributed by atoms with van der Waals surface area (Å²) in [6.45, 7) is 4.82. The number of hydrogen-bond acceptors (Lipinski definition) is 3. The molecule has 2 aromatic carbocycles. The van der Waals surface area contributed by atoms with Gasteiger partial charge in [-0.05, 0) is 49.7 Å². The van der Waals surface area contributed by atoms with E-state index in [1.807, 2.05) is 38.1 Å². The summed E-state index contributed by atoms with van der Waals surface area (Å²) in [7, 11) is 1.62. The number of ether oxygens (including phenoxy) is 2. The third kappa shape index (κ3) is 4.73. The minimum absolute atomic E-state index is 0.118. The van der Waals surface area contributed by atoms with Crippen molar-refractivity contribution in [3.8, 4) is 5.75 Å². The minimum atomic E-state index is -0.141. The Bertz CT molecular complexity index is 686. The highest BCUT2D eigenvalue weighted by Gasteiger charge is 2.14. The Hall–Kier alpha value is -2.04. The van der Waals surface area contributed by atoms with Gasteiger partial charge in [-0.3, -0.25) is 4.79 Å². The lowest BCUT2D eigenvalue weighted by Gasteiger charge is -2.16. The molecule has 0 aliphatic carbocycles. The van der Waals surface area contributed by atoms with Crippen molar-refractivity contribution >= 4 is 17.5 Å². The zero-order valence-corrected chi connectivity index (χ0v) is 14.9. The van der Waals surface area contributed by atoms with Crippen LogP contribution in [0.4, 0.5) is 0 Å². The average Bonchev–Trinajstić information content (AvgIpc) is 2.57. The van der Waals surface area contributed by atoms with E-state index in [1.165, 1.54) is 0 Å². The fraction of sp³-hybridized carbons (Fsp3) is 0.316. The van der Waals surface area contributed by atoms with Gasteiger partial charge >= 0.3 is 0 Å². The highest BCUT2D eigenvalue weighted by atomic mass is 35.5. The molecule has 24 heavy (non-hydrogen) atoms. The maximum absolute atomic E-state index is 12.5. The molecular formula is C19H22ClNO3. The van der Waals surface area contributed by atoms with Crippen LogP contribution in [0.2, 0.25) is 5.02 Å². The van der Waals surface area contributed by atoms with Crippen LogP contribution in [0.5, 0.6) is 5.75 Å². The lowest BCUT2D eigenvalue weighted by molar-refractivity contribution is 0.0939. The number of halogens is 1. The molecule has 0 spiro atoms. The average molecular weight is 348 g/mol. The molecule has 0 heterocycles. The molecule has 4 nitrogen and oxygen atoms in total. The van der Waals surface area contributed by atoms with Crippen LogP contribution in [0.1, 0.15) is 41.4 Å². The third-order valence-electron chi connectivity index (χ3n) is 3.64. The maximum Gasteiger partial charge on any atom is 0.251 e. The molecule has 1 atom stereocenters. The lowest BCUT2D eigenvalue weighted by atomic mass is 10.1. The van der Waals surface area contributed by atoms with Gasteiger partial charge in [0, 0.05) is 23.3 Å². The Kier molecular flexibility index (Phi) is 6.64. The van der Waals surface area contributed by atoms with E-state index in [4.69, 9.17) is 21.1 Å². The van der Waals surface area contributed by atoms with Crippen LogP contribution < -0.4 is 10.1 Å². The van der Waals surface area contributed by atoms with Gasteiger partial charge in [-0.2, -0.15) is 0 Å². The summed E-state index contributed by atoms with van der Waals surface area (Å²) < 4.78 is 10.7. The molecule has 5 heteroatoms. The molecule has 0 fully saturated rings. The van der Waals surface area contributed by atoms with Crippen molar-refractivity contribution in [3.05, 3.63) is 64.2 Å². The van der Waals surface area contributed by atoms with E-state index in [2.05, 4.69) is 5.32 Å². The van der Waals surface area contributed by atoms with Gasteiger partial charge in [0.15, 0.2) is 0 Å². The predicted octanol–water partition coefficient (Wildman–Crippen LogP) is 4.38. The van der Waals surface area contributed by atoms with Gasteiger partial charge in [-0.25, -0.2) is 0 Å². The van der Waals surface area contributed by atoms with Crippen molar-refractivity contribution in [1.82, 2.24) is 5.32 Å². The highest BCUT2D eigenvalue weighted by Crippen LogP contribution is 2.22. The van der Waals surface area contributed by atoms with Crippen molar-refractivity contribution in [2.24, 2.45) is 0 Å². The third-order valence-corrected chi connectivity index (χ3v) is 3.89. The predicted molar refractivity (Wildman–Crippen MR) is 95.7 cm³/mol. The molecule has 0 bridgehead atoms. The van der Waals surface area contributed by atoms with Crippen LogP contribution in [0.3, 0.4) is 0 Å². The quantitative estimate of drug-likeness (QED) is 0.808. The number of rotatable bonds is 7. The molecule has 2 aromatic rings. The normalized spacial score (nSPS) is 11.8. The SMILES string of the molecule is CCOc1ccc(C(=O)N[C@H](C)c2ccc(Cl)cc2)cc1COC. The second kappa shape index (κ2) is 8.71. The number of carbonyl (C=O) groups excluding carboxylic acids is 1. The van der Waals surface area contributed by atoms with Crippen LogP contribution in [-0.2, 0) is 11.3 Å². The number of nitrogens with one attached hydrogen (secondary N) is 1. The molecule has 0 aromatic heterocycles. The van der Waals surface area contributed by atoms with E-state index in [0.29, 0.717) is 23.8 Å². The number of hydrogen-bond donors (Lipinski definition) is 1. The lowest BCUT2D eigenvalue weighted by Crippen LogP contribution is -2.26. The maximum atomic E-state index is 12.5. The first kappa shape index (κ1) is 18.3. The summed E-state index contributed by atoms with van der Waals surface area (Å²) in [4.78, 5) is 12.5. The van der Waals surface area contributed by atoms with Gasteiger partial charge in [0.1, 0.15) is 5.75 Å². The summed E-state index contributed by atoms with van der Waals surface area (Å²) in [5, 5.41) is 3.66. The second-order valence-electron chi connectivity index (χ2n) is 5.44. The fourth-order valence-electron chi connectivity index (χ4n) is 2.40. The van der Waals surface area contributed by atoms with Crippen molar-refractivity contribution in [1.29, 1.82) is 0 Å². The van der Waals surface area contributed by atoms with E-state index in [-0.39, 0.29) is 11.9 Å². The Labute approximate surface area is 147 Å². The van der Waals surface area contributed by atoms with Crippen molar-refractivity contribution in [2.75, 3.05) is 13.7 Å². The molecule has 0 saturated heterocycles. The molecule has 1 N–H and O–H groups in total. The Morgan fingerprint density at radius 2 is 1.92 bits per heavy atom. The highest BCUT2D eigenvalue weighted by molar-refractivity contribution is 6.30. The second-order valence-corrected chi connectivity index (χ2v) is 5.87. The van der Waals surface area contributed by atoms with Gasteiger partial charge < -0.3 is 14.8 Å². The van der Waals surface area contributed by atoms with E-state index in [1.54, 1.807) is 25.3 Å². The van der Waals surface area contributed by atoms with E-state index < -0.39 is 0 Å². The summed E-state index contributed by atoms with van der Waals surface area (Å²) in [5.74, 6) is 0.597. The number of carbonyl (C=O) groups is 1. The zero-order chi connectivity index (χ0) is 17.5. The van der Waals surface area contributed by atoms with E-state index in [0.717, 1.165) is 16.9 Å². The zero-order valence-electron chi connectivity index (χ0n) is 14.1. The van der Waals surface area contributed by atoms with Gasteiger partial charge in [0.2, 0.25) is 0 Å². The largest absolute Gasteiger partial charge is 0.494 e. The van der Waals surface area contributed by atoms with Crippen LogP contribution in [0, 0.1) is 0 Å². The number of benzene rings is 2. The topological polar surface area (TPSA) is 47.6 Å². The Morgan fingerprint density at radius 1 is 1.21 bits per heavy atom. The molecular weight excluding hydrogens is 326 g/mol. The Balaban J connectivity index is 2.13. The molecule has 128 valence electrons. The summed E-state index contributed by atoms with van der Waals surface area (Å²) >= 11 is 5.89. The molecule has 0 aliphatic rings. The fourth-order valence-corrected chi connectivity index (χ4v) is 2.53. The molecule has 0 saturated carbocycles. The van der Waals surface area contributed by atoms with Crippen LogP contribution in [0.25, 0.3) is 0 Å². The Morgan fingerprint density at radius 3 is 2.54 bits per heavy atom. The summed E-state index contributed by atoms with van der Waals surface area (Å²) in [6.07, 6.45) is 0. The van der Waals surface area contributed by atoms with Gasteiger partial charge in [0.05, 0.1) is 19.3 Å². The minimum Gasteiger partial charge on any atom is -0.494 e. The number of amides is 1. The number of methoxy groups -OCH3 is 1. The van der Waals surface area contributed by atoms with E-state index >= 15 is 0 Å².